The van der Waals surface area contributed by atoms with Gasteiger partial charge in [-0.15, -0.1) is 0 Å². The molecule has 0 heterocycles. The van der Waals surface area contributed by atoms with Crippen molar-refractivity contribution in [2.75, 3.05) is 13.2 Å². The summed E-state index contributed by atoms with van der Waals surface area (Å²) in [6, 6.07) is 0. The van der Waals surface area contributed by atoms with Crippen molar-refractivity contribution in [3.05, 3.63) is 0 Å². The highest BCUT2D eigenvalue weighted by molar-refractivity contribution is 6.38. The normalized spacial score (nSPS) is 14.6. The van der Waals surface area contributed by atoms with E-state index in [2.05, 4.69) is 20.8 Å². The minimum absolute atomic E-state index is 0.142. The Morgan fingerprint density at radius 2 is 1.53 bits per heavy atom. The van der Waals surface area contributed by atoms with Gasteiger partial charge in [0.25, 0.3) is 0 Å². The molecule has 0 aliphatic heterocycles. The van der Waals surface area contributed by atoms with Crippen molar-refractivity contribution in [1.82, 2.24) is 0 Å². The summed E-state index contributed by atoms with van der Waals surface area (Å²) < 4.78 is 11.3. The van der Waals surface area contributed by atoms with Crippen LogP contribution in [-0.4, -0.2) is 28.6 Å². The molecule has 0 amide bonds. The maximum absolute atomic E-state index is 5.64. The van der Waals surface area contributed by atoms with E-state index in [0.717, 1.165) is 24.7 Å². The second-order valence-corrected chi connectivity index (χ2v) is 6.77. The van der Waals surface area contributed by atoms with Gasteiger partial charge in [0.05, 0.1) is 9.52 Å². The van der Waals surface area contributed by atoms with E-state index < -0.39 is 0 Å². The lowest BCUT2D eigenvalue weighted by Crippen LogP contribution is -2.28. The Morgan fingerprint density at radius 3 is 1.87 bits per heavy atom. The van der Waals surface area contributed by atoms with Crippen molar-refractivity contribution < 1.29 is 9.47 Å². The quantitative estimate of drug-likeness (QED) is 0.449. The van der Waals surface area contributed by atoms with Crippen molar-refractivity contribution in [2.24, 2.45) is 5.92 Å². The summed E-state index contributed by atoms with van der Waals surface area (Å²) in [5, 5.41) is 0. The van der Waals surface area contributed by atoms with Gasteiger partial charge in [0.15, 0.2) is 0 Å². The maximum Gasteiger partial charge on any atom is 0.135 e. The Hall–Kier alpha value is 0.137. The summed E-state index contributed by atoms with van der Waals surface area (Å²) in [4.78, 5) is 0. The Kier molecular flexibility index (Phi) is 9.45. The monoisotopic (exact) mass is 232 g/mol. The van der Waals surface area contributed by atoms with Crippen molar-refractivity contribution in [1.29, 1.82) is 0 Å². The summed E-state index contributed by atoms with van der Waals surface area (Å²) >= 11 is 0. The van der Waals surface area contributed by atoms with Gasteiger partial charge in [0.1, 0.15) is 5.91 Å². The average Bonchev–Trinajstić information content (AvgIpc) is 2.16. The first-order valence-electron chi connectivity index (χ1n) is 6.37. The number of rotatable bonds is 9. The van der Waals surface area contributed by atoms with Crippen LogP contribution in [0.1, 0.15) is 47.5 Å². The van der Waals surface area contributed by atoms with Crippen LogP contribution in [0.4, 0.5) is 0 Å². The second kappa shape index (κ2) is 9.37. The molecule has 0 aromatic carbocycles. The number of ether oxygens (including phenoxy) is 2. The van der Waals surface area contributed by atoms with Gasteiger partial charge in [-0.25, -0.2) is 0 Å². The topological polar surface area (TPSA) is 18.5 Å². The zero-order valence-electron chi connectivity index (χ0n) is 11.1. The van der Waals surface area contributed by atoms with Gasteiger partial charge in [-0.2, -0.15) is 0 Å². The van der Waals surface area contributed by atoms with Crippen LogP contribution in [0.25, 0.3) is 0 Å². The first kappa shape index (κ1) is 15.1. The summed E-state index contributed by atoms with van der Waals surface area (Å²) in [5.41, 5.74) is 0.869. The van der Waals surface area contributed by atoms with Crippen molar-refractivity contribution in [3.8, 4) is 0 Å². The van der Waals surface area contributed by atoms with E-state index in [4.69, 9.17) is 9.47 Å². The highest BCUT2D eigenvalue weighted by Gasteiger charge is 2.17. The molecule has 0 rings (SSSR count). The highest BCUT2D eigenvalue weighted by Crippen LogP contribution is 2.21. The zero-order chi connectivity index (χ0) is 11.7. The fourth-order valence-electron chi connectivity index (χ4n) is 1.92. The molecule has 1 atom stereocenters. The van der Waals surface area contributed by atoms with Crippen LogP contribution in [0.5, 0.6) is 0 Å². The van der Waals surface area contributed by atoms with Crippen LogP contribution in [0, 0.1) is 5.92 Å². The molecule has 92 valence electrons. The zero-order valence-corrected chi connectivity index (χ0v) is 12.5. The van der Waals surface area contributed by atoms with Gasteiger partial charge >= 0.3 is 0 Å². The third-order valence-electron chi connectivity index (χ3n) is 2.61. The molecule has 0 aliphatic carbocycles. The summed E-state index contributed by atoms with van der Waals surface area (Å²) in [5.74, 6) is 0.940. The summed E-state index contributed by atoms with van der Waals surface area (Å²) in [6.07, 6.45) is 2.61. The van der Waals surface area contributed by atoms with Gasteiger partial charge in [0, 0.05) is 13.2 Å². The number of hydrogen-bond acceptors (Lipinski definition) is 2. The molecule has 0 aromatic rings. The van der Waals surface area contributed by atoms with E-state index in [9.17, 15) is 0 Å². The molecule has 1 unspecified atom stereocenters. The molecule has 0 aromatic heterocycles. The Balaban J connectivity index is 3.96. The van der Waals surface area contributed by atoms with E-state index in [1.165, 1.54) is 12.8 Å². The minimum Gasteiger partial charge on any atom is -0.357 e. The molecule has 15 heavy (non-hydrogen) atoms. The molecule has 0 fully saturated rings. The van der Waals surface area contributed by atoms with E-state index in [-0.39, 0.29) is 15.4 Å². The van der Waals surface area contributed by atoms with Crippen molar-refractivity contribution in [2.45, 2.75) is 58.9 Å². The molecule has 0 bridgehead atoms. The van der Waals surface area contributed by atoms with Gasteiger partial charge < -0.3 is 9.47 Å². The fourth-order valence-corrected chi connectivity index (χ4v) is 4.40. The van der Waals surface area contributed by atoms with Crippen LogP contribution in [-0.2, 0) is 9.47 Å². The molecule has 2 nitrogen and oxygen atoms in total. The number of hydrogen-bond donors (Lipinski definition) is 0. The predicted molar refractivity (Wildman–Crippen MR) is 69.1 cm³/mol. The van der Waals surface area contributed by atoms with Crippen molar-refractivity contribution >= 4 is 9.52 Å². The molecule has 0 saturated heterocycles. The van der Waals surface area contributed by atoms with Crippen LogP contribution in [0.3, 0.4) is 0 Å². The molecule has 3 heteroatoms. The standard InChI is InChI=1S/C12H28O2Si/c1-6-11(9-10(4)5)15-12(13-7-2)14-8-3/h10-12H,6-9,15H2,1-5H3. The molecule has 0 N–H and O–H groups in total. The average molecular weight is 232 g/mol. The van der Waals surface area contributed by atoms with E-state index >= 15 is 0 Å². The van der Waals surface area contributed by atoms with Gasteiger partial charge in [-0.3, -0.25) is 0 Å². The summed E-state index contributed by atoms with van der Waals surface area (Å²) in [6.45, 7) is 12.5. The smallest absolute Gasteiger partial charge is 0.135 e. The van der Waals surface area contributed by atoms with E-state index in [1.54, 1.807) is 0 Å². The molecular formula is C12H28O2Si. The Morgan fingerprint density at radius 1 is 1.00 bits per heavy atom. The van der Waals surface area contributed by atoms with Crippen LogP contribution >= 0.6 is 0 Å². The molecular weight excluding hydrogens is 204 g/mol. The SMILES string of the molecule is CCOC(OCC)[SiH2]C(CC)CC(C)C. The van der Waals surface area contributed by atoms with Gasteiger partial charge in [0.2, 0.25) is 0 Å². The van der Waals surface area contributed by atoms with Crippen LogP contribution < -0.4 is 0 Å². The Labute approximate surface area is 97.6 Å². The molecule has 0 spiro atoms. The lowest BCUT2D eigenvalue weighted by Gasteiger charge is -2.23. The largest absolute Gasteiger partial charge is 0.357 e. The third kappa shape index (κ3) is 8.00. The van der Waals surface area contributed by atoms with Crippen molar-refractivity contribution in [3.63, 3.8) is 0 Å². The first-order valence-corrected chi connectivity index (χ1v) is 8.00. The van der Waals surface area contributed by atoms with Gasteiger partial charge in [-0.1, -0.05) is 33.6 Å². The lowest BCUT2D eigenvalue weighted by atomic mass is 10.1. The minimum atomic E-state index is -0.270. The van der Waals surface area contributed by atoms with Crippen LogP contribution in [0.15, 0.2) is 0 Å². The van der Waals surface area contributed by atoms with Gasteiger partial charge in [-0.05, 0) is 25.3 Å². The third-order valence-corrected chi connectivity index (χ3v) is 5.05. The molecule has 0 radical (unpaired) electrons. The first-order chi connectivity index (χ1) is 7.13. The van der Waals surface area contributed by atoms with Crippen LogP contribution in [0.2, 0.25) is 5.54 Å². The lowest BCUT2D eigenvalue weighted by molar-refractivity contribution is -0.0835. The molecule has 0 saturated carbocycles. The second-order valence-electron chi connectivity index (χ2n) is 4.48. The fraction of sp³-hybridized carbons (Fsp3) is 1.00. The predicted octanol–water partition coefficient (Wildman–Crippen LogP) is 2.76. The van der Waals surface area contributed by atoms with E-state index in [1.807, 2.05) is 13.8 Å². The highest BCUT2D eigenvalue weighted by atomic mass is 28.2. The maximum atomic E-state index is 5.64. The van der Waals surface area contributed by atoms with E-state index in [0.29, 0.717) is 0 Å². The Bertz CT molecular complexity index is 134. The molecule has 0 aliphatic rings. The summed E-state index contributed by atoms with van der Waals surface area (Å²) in [7, 11) is -0.270.